The van der Waals surface area contributed by atoms with Crippen molar-refractivity contribution in [3.63, 3.8) is 0 Å². The van der Waals surface area contributed by atoms with Gasteiger partial charge < -0.3 is 4.74 Å². The van der Waals surface area contributed by atoms with Gasteiger partial charge in [0.1, 0.15) is 11.6 Å². The van der Waals surface area contributed by atoms with Crippen LogP contribution in [0.5, 0.6) is 5.75 Å². The predicted octanol–water partition coefficient (Wildman–Crippen LogP) is 3.30. The molecule has 20 heavy (non-hydrogen) atoms. The number of nitrogens with zero attached hydrogens (tertiary/aromatic N) is 2. The van der Waals surface area contributed by atoms with Crippen molar-refractivity contribution in [1.82, 2.24) is 15.2 Å². The molecule has 5 heteroatoms. The Labute approximate surface area is 121 Å². The van der Waals surface area contributed by atoms with Crippen LogP contribution in [0.15, 0.2) is 36.4 Å². The maximum absolute atomic E-state index is 5.72. The number of rotatable bonds is 4. The van der Waals surface area contributed by atoms with Crippen LogP contribution in [0.2, 0.25) is 0 Å². The molecule has 0 fully saturated rings. The van der Waals surface area contributed by atoms with Crippen LogP contribution in [-0.4, -0.2) is 22.3 Å². The van der Waals surface area contributed by atoms with Crippen LogP contribution in [0.1, 0.15) is 17.2 Å². The number of hydrogen-bond donors (Lipinski definition) is 1. The van der Waals surface area contributed by atoms with Gasteiger partial charge in [0.2, 0.25) is 0 Å². The van der Waals surface area contributed by atoms with Gasteiger partial charge in [-0.1, -0.05) is 24.3 Å². The van der Waals surface area contributed by atoms with E-state index in [1.54, 1.807) is 7.11 Å². The number of alkyl halides is 1. The summed E-state index contributed by atoms with van der Waals surface area (Å²) >= 11 is 5.72. The van der Waals surface area contributed by atoms with Crippen molar-refractivity contribution >= 4 is 22.4 Å². The van der Waals surface area contributed by atoms with Crippen LogP contribution in [0, 0.1) is 0 Å². The third kappa shape index (κ3) is 2.47. The second-order valence-electron chi connectivity index (χ2n) is 4.51. The molecule has 0 saturated heterocycles. The van der Waals surface area contributed by atoms with E-state index in [4.69, 9.17) is 16.3 Å². The lowest BCUT2D eigenvalue weighted by molar-refractivity contribution is 0.415. The van der Waals surface area contributed by atoms with Crippen LogP contribution in [-0.2, 0) is 12.3 Å². The number of benzene rings is 2. The number of aromatic amines is 1. The molecule has 1 N–H and O–H groups in total. The van der Waals surface area contributed by atoms with Crippen molar-refractivity contribution in [3.05, 3.63) is 53.6 Å². The quantitative estimate of drug-likeness (QED) is 0.749. The van der Waals surface area contributed by atoms with Crippen molar-refractivity contribution in [2.24, 2.45) is 0 Å². The second-order valence-corrected chi connectivity index (χ2v) is 4.78. The summed E-state index contributed by atoms with van der Waals surface area (Å²) < 4.78 is 5.30. The van der Waals surface area contributed by atoms with Gasteiger partial charge in [-0.3, -0.25) is 5.10 Å². The predicted molar refractivity (Wildman–Crippen MR) is 79.2 cm³/mol. The van der Waals surface area contributed by atoms with E-state index in [1.807, 2.05) is 18.2 Å². The van der Waals surface area contributed by atoms with Gasteiger partial charge in [0.25, 0.3) is 0 Å². The van der Waals surface area contributed by atoms with Crippen molar-refractivity contribution in [3.8, 4) is 5.75 Å². The molecule has 3 aromatic rings. The lowest BCUT2D eigenvalue weighted by atomic mass is 10.0. The highest BCUT2D eigenvalue weighted by atomic mass is 35.5. The molecule has 3 rings (SSSR count). The molecular formula is C15H14ClN3O. The van der Waals surface area contributed by atoms with Crippen molar-refractivity contribution in [2.45, 2.75) is 12.3 Å². The van der Waals surface area contributed by atoms with Crippen molar-refractivity contribution < 1.29 is 4.74 Å². The second kappa shape index (κ2) is 5.51. The minimum absolute atomic E-state index is 0.319. The molecule has 2 aromatic carbocycles. The molecule has 4 nitrogen and oxygen atoms in total. The number of ether oxygens (including phenoxy) is 1. The minimum atomic E-state index is 0.319. The van der Waals surface area contributed by atoms with Gasteiger partial charge in [0, 0.05) is 6.42 Å². The van der Waals surface area contributed by atoms with Gasteiger partial charge in [-0.05, 0) is 28.5 Å². The van der Waals surface area contributed by atoms with Gasteiger partial charge in [0.15, 0.2) is 5.82 Å². The summed E-state index contributed by atoms with van der Waals surface area (Å²) in [4.78, 5) is 4.34. The van der Waals surface area contributed by atoms with E-state index in [-0.39, 0.29) is 0 Å². The molecule has 0 radical (unpaired) electrons. The molecule has 102 valence electrons. The maximum Gasteiger partial charge on any atom is 0.165 e. The number of H-pyrrole nitrogens is 1. The third-order valence-electron chi connectivity index (χ3n) is 3.24. The fourth-order valence-corrected chi connectivity index (χ4v) is 2.37. The number of methoxy groups -OCH3 is 1. The third-order valence-corrected chi connectivity index (χ3v) is 3.47. The Kier molecular flexibility index (Phi) is 3.56. The number of aromatic nitrogens is 3. The Balaban J connectivity index is 2.01. The first kappa shape index (κ1) is 12.9. The summed E-state index contributed by atoms with van der Waals surface area (Å²) in [5, 5.41) is 9.32. The Bertz CT molecular complexity index is 739. The van der Waals surface area contributed by atoms with Gasteiger partial charge in [-0.25, -0.2) is 4.98 Å². The summed E-state index contributed by atoms with van der Waals surface area (Å²) in [6.07, 6.45) is 0.689. The molecule has 1 aromatic heterocycles. The molecule has 0 aliphatic rings. The van der Waals surface area contributed by atoms with Crippen LogP contribution < -0.4 is 4.74 Å². The van der Waals surface area contributed by atoms with Crippen molar-refractivity contribution in [2.75, 3.05) is 7.11 Å². The van der Waals surface area contributed by atoms with Crippen LogP contribution in [0.3, 0.4) is 0 Å². The average Bonchev–Trinajstić information content (AvgIpc) is 2.95. The zero-order valence-electron chi connectivity index (χ0n) is 11.1. The lowest BCUT2D eigenvalue weighted by Crippen LogP contribution is -1.93. The number of nitrogens with one attached hydrogen (secondary N) is 1. The zero-order valence-corrected chi connectivity index (χ0v) is 11.8. The Morgan fingerprint density at radius 3 is 2.90 bits per heavy atom. The molecule has 0 atom stereocenters. The lowest BCUT2D eigenvalue weighted by Gasteiger charge is -2.07. The summed E-state index contributed by atoms with van der Waals surface area (Å²) in [6, 6.07) is 12.3. The molecule has 1 heterocycles. The van der Waals surface area contributed by atoms with Gasteiger partial charge in [0.05, 0.1) is 13.0 Å². The van der Waals surface area contributed by atoms with Gasteiger partial charge >= 0.3 is 0 Å². The van der Waals surface area contributed by atoms with E-state index in [0.717, 1.165) is 17.0 Å². The summed E-state index contributed by atoms with van der Waals surface area (Å²) in [7, 11) is 1.67. The first-order valence-electron chi connectivity index (χ1n) is 6.32. The van der Waals surface area contributed by atoms with E-state index in [9.17, 15) is 0 Å². The molecule has 0 aliphatic carbocycles. The Morgan fingerprint density at radius 2 is 2.15 bits per heavy atom. The molecule has 0 amide bonds. The van der Waals surface area contributed by atoms with Crippen molar-refractivity contribution in [1.29, 1.82) is 0 Å². The first-order valence-corrected chi connectivity index (χ1v) is 6.85. The van der Waals surface area contributed by atoms with E-state index < -0.39 is 0 Å². The fraction of sp³-hybridized carbons (Fsp3) is 0.200. The topological polar surface area (TPSA) is 50.8 Å². The highest BCUT2D eigenvalue weighted by Gasteiger charge is 2.07. The molecule has 0 bridgehead atoms. The number of fused-ring (bicyclic) bond motifs is 1. The van der Waals surface area contributed by atoms with Gasteiger partial charge in [-0.15, -0.1) is 11.6 Å². The number of hydrogen-bond acceptors (Lipinski definition) is 3. The monoisotopic (exact) mass is 287 g/mol. The van der Waals surface area contributed by atoms with E-state index in [0.29, 0.717) is 18.1 Å². The molecule has 0 spiro atoms. The van der Waals surface area contributed by atoms with Crippen LogP contribution >= 0.6 is 11.6 Å². The normalized spacial score (nSPS) is 10.9. The van der Waals surface area contributed by atoms with E-state index >= 15 is 0 Å². The number of halogens is 1. The largest absolute Gasteiger partial charge is 0.497 e. The standard InChI is InChI=1S/C15H14ClN3O/c1-20-12-6-5-10-3-2-4-11(13(10)8-12)7-14-17-15(9-16)19-18-14/h2-6,8H,7,9H2,1H3,(H,17,18,19). The first-order chi connectivity index (χ1) is 9.80. The highest BCUT2D eigenvalue weighted by molar-refractivity contribution is 6.16. The smallest absolute Gasteiger partial charge is 0.165 e. The van der Waals surface area contributed by atoms with E-state index in [2.05, 4.69) is 33.4 Å². The summed E-state index contributed by atoms with van der Waals surface area (Å²) in [6.45, 7) is 0. The average molecular weight is 288 g/mol. The minimum Gasteiger partial charge on any atom is -0.497 e. The molecule has 0 unspecified atom stereocenters. The Hall–Kier alpha value is -2.07. The molecular weight excluding hydrogens is 274 g/mol. The Morgan fingerprint density at radius 1 is 1.25 bits per heavy atom. The zero-order chi connectivity index (χ0) is 13.9. The molecule has 0 saturated carbocycles. The molecule has 0 aliphatic heterocycles. The summed E-state index contributed by atoms with van der Waals surface area (Å²) in [5.74, 6) is 2.61. The van der Waals surface area contributed by atoms with Crippen LogP contribution in [0.4, 0.5) is 0 Å². The maximum atomic E-state index is 5.72. The van der Waals surface area contributed by atoms with Gasteiger partial charge in [-0.2, -0.15) is 5.10 Å². The fourth-order valence-electron chi connectivity index (χ4n) is 2.25. The summed E-state index contributed by atoms with van der Waals surface area (Å²) in [5.41, 5.74) is 1.18. The van der Waals surface area contributed by atoms with Crippen LogP contribution in [0.25, 0.3) is 10.8 Å². The highest BCUT2D eigenvalue weighted by Crippen LogP contribution is 2.25. The van der Waals surface area contributed by atoms with E-state index in [1.165, 1.54) is 10.9 Å². The SMILES string of the molecule is COc1ccc2cccc(Cc3nc(CCl)n[nH]3)c2c1.